The zero-order valence-corrected chi connectivity index (χ0v) is 11.8. The van der Waals surface area contributed by atoms with Crippen LogP contribution in [0.3, 0.4) is 0 Å². The molecule has 0 unspecified atom stereocenters. The Kier molecular flexibility index (Phi) is 3.56. The molecule has 0 atom stereocenters. The van der Waals surface area contributed by atoms with Gasteiger partial charge in [0, 0.05) is 19.2 Å². The number of pyridine rings is 1. The van der Waals surface area contributed by atoms with Crippen molar-refractivity contribution in [2.24, 2.45) is 0 Å². The van der Waals surface area contributed by atoms with E-state index in [1.807, 2.05) is 18.2 Å². The zero-order chi connectivity index (χ0) is 14.8. The largest absolute Gasteiger partial charge is 0.373 e. The lowest BCUT2D eigenvalue weighted by Crippen LogP contribution is -2.34. The summed E-state index contributed by atoms with van der Waals surface area (Å²) in [5, 5.41) is 2.98. The van der Waals surface area contributed by atoms with Crippen LogP contribution in [0, 0.1) is 5.82 Å². The summed E-state index contributed by atoms with van der Waals surface area (Å²) >= 11 is 0. The molecule has 108 valence electrons. The molecule has 0 radical (unpaired) electrons. The summed E-state index contributed by atoms with van der Waals surface area (Å²) in [5.74, 6) is 0.542. The number of amides is 1. The summed E-state index contributed by atoms with van der Waals surface area (Å²) in [7, 11) is 1.80. The molecule has 0 aliphatic carbocycles. The second kappa shape index (κ2) is 5.52. The van der Waals surface area contributed by atoms with Crippen LogP contribution >= 0.6 is 0 Å². The number of carbonyl (C=O) groups excluding carboxylic acids is 1. The SMILES string of the molecule is CNc1cccc(CN2C(=O)CCc3cc(F)ccc32)n1. The maximum Gasteiger partial charge on any atom is 0.227 e. The normalized spacial score (nSPS) is 14.0. The van der Waals surface area contributed by atoms with Gasteiger partial charge in [0.05, 0.1) is 12.2 Å². The van der Waals surface area contributed by atoms with Gasteiger partial charge in [-0.1, -0.05) is 6.07 Å². The van der Waals surface area contributed by atoms with Gasteiger partial charge in [-0.25, -0.2) is 9.37 Å². The van der Waals surface area contributed by atoms with Crippen LogP contribution in [-0.2, 0) is 17.8 Å². The Balaban J connectivity index is 1.92. The Hall–Kier alpha value is -2.43. The van der Waals surface area contributed by atoms with E-state index in [9.17, 15) is 9.18 Å². The first-order chi connectivity index (χ1) is 10.2. The Morgan fingerprint density at radius 2 is 2.14 bits per heavy atom. The van der Waals surface area contributed by atoms with E-state index in [1.165, 1.54) is 12.1 Å². The fraction of sp³-hybridized carbons (Fsp3) is 0.250. The molecule has 1 aliphatic rings. The molecule has 0 saturated heterocycles. The highest BCUT2D eigenvalue weighted by Gasteiger charge is 2.24. The number of halogens is 1. The van der Waals surface area contributed by atoms with E-state index in [0.717, 1.165) is 22.8 Å². The highest BCUT2D eigenvalue weighted by atomic mass is 19.1. The van der Waals surface area contributed by atoms with Gasteiger partial charge in [0.1, 0.15) is 11.6 Å². The van der Waals surface area contributed by atoms with E-state index in [1.54, 1.807) is 18.0 Å². The average Bonchev–Trinajstić information content (AvgIpc) is 2.50. The number of hydrogen-bond acceptors (Lipinski definition) is 3. The fourth-order valence-electron chi connectivity index (χ4n) is 2.57. The number of aromatic nitrogens is 1. The number of nitrogens with one attached hydrogen (secondary N) is 1. The summed E-state index contributed by atoms with van der Waals surface area (Å²) in [6.07, 6.45) is 0.995. The smallest absolute Gasteiger partial charge is 0.227 e. The fourth-order valence-corrected chi connectivity index (χ4v) is 2.57. The van der Waals surface area contributed by atoms with Crippen LogP contribution in [0.1, 0.15) is 17.7 Å². The summed E-state index contributed by atoms with van der Waals surface area (Å²) in [4.78, 5) is 18.3. The van der Waals surface area contributed by atoms with Crippen LogP contribution in [0.15, 0.2) is 36.4 Å². The number of hydrogen-bond donors (Lipinski definition) is 1. The number of aryl methyl sites for hydroxylation is 1. The minimum Gasteiger partial charge on any atom is -0.373 e. The molecule has 0 fully saturated rings. The third-order valence-corrected chi connectivity index (χ3v) is 3.62. The van der Waals surface area contributed by atoms with E-state index >= 15 is 0 Å². The molecule has 1 amide bonds. The van der Waals surface area contributed by atoms with Crippen molar-refractivity contribution < 1.29 is 9.18 Å². The van der Waals surface area contributed by atoms with Crippen molar-refractivity contribution >= 4 is 17.4 Å². The maximum atomic E-state index is 13.3. The van der Waals surface area contributed by atoms with E-state index in [0.29, 0.717) is 19.4 Å². The molecule has 1 aromatic carbocycles. The minimum atomic E-state index is -0.265. The van der Waals surface area contributed by atoms with Crippen LogP contribution in [0.4, 0.5) is 15.9 Å². The first-order valence-electron chi connectivity index (χ1n) is 6.90. The molecule has 21 heavy (non-hydrogen) atoms. The predicted octanol–water partition coefficient (Wildman–Crippen LogP) is 2.74. The lowest BCUT2D eigenvalue weighted by molar-refractivity contribution is -0.119. The van der Waals surface area contributed by atoms with Crippen molar-refractivity contribution in [3.63, 3.8) is 0 Å². The van der Waals surface area contributed by atoms with E-state index in [-0.39, 0.29) is 11.7 Å². The Morgan fingerprint density at radius 3 is 2.95 bits per heavy atom. The lowest BCUT2D eigenvalue weighted by Gasteiger charge is -2.29. The summed E-state index contributed by atoms with van der Waals surface area (Å²) < 4.78 is 13.3. The monoisotopic (exact) mass is 285 g/mol. The molecule has 2 aromatic rings. The Morgan fingerprint density at radius 1 is 1.29 bits per heavy atom. The van der Waals surface area contributed by atoms with Gasteiger partial charge in [-0.3, -0.25) is 4.79 Å². The number of benzene rings is 1. The van der Waals surface area contributed by atoms with Gasteiger partial charge in [-0.2, -0.15) is 0 Å². The second-order valence-electron chi connectivity index (χ2n) is 5.02. The van der Waals surface area contributed by atoms with Gasteiger partial charge in [0.25, 0.3) is 0 Å². The Labute approximate surface area is 122 Å². The van der Waals surface area contributed by atoms with Gasteiger partial charge >= 0.3 is 0 Å². The van der Waals surface area contributed by atoms with Crippen LogP contribution in [0.2, 0.25) is 0 Å². The van der Waals surface area contributed by atoms with Crippen LogP contribution in [0.5, 0.6) is 0 Å². The minimum absolute atomic E-state index is 0.0470. The van der Waals surface area contributed by atoms with Gasteiger partial charge in [-0.05, 0) is 42.3 Å². The topological polar surface area (TPSA) is 45.2 Å². The average molecular weight is 285 g/mol. The number of carbonyl (C=O) groups is 1. The van der Waals surface area contributed by atoms with Crippen molar-refractivity contribution in [3.8, 4) is 0 Å². The van der Waals surface area contributed by atoms with Crippen molar-refractivity contribution in [2.45, 2.75) is 19.4 Å². The molecular weight excluding hydrogens is 269 g/mol. The first-order valence-corrected chi connectivity index (χ1v) is 6.90. The molecule has 1 aliphatic heterocycles. The third kappa shape index (κ3) is 2.72. The molecule has 0 bridgehead atoms. The van der Waals surface area contributed by atoms with E-state index in [4.69, 9.17) is 0 Å². The van der Waals surface area contributed by atoms with Gasteiger partial charge in [0.15, 0.2) is 0 Å². The second-order valence-corrected chi connectivity index (χ2v) is 5.02. The first kappa shape index (κ1) is 13.5. The third-order valence-electron chi connectivity index (χ3n) is 3.62. The highest BCUT2D eigenvalue weighted by Crippen LogP contribution is 2.29. The molecule has 3 rings (SSSR count). The van der Waals surface area contributed by atoms with Crippen LogP contribution in [-0.4, -0.2) is 17.9 Å². The molecular formula is C16H16FN3O. The van der Waals surface area contributed by atoms with Gasteiger partial charge in [0.2, 0.25) is 5.91 Å². The van der Waals surface area contributed by atoms with Crippen LogP contribution < -0.4 is 10.2 Å². The summed E-state index contributed by atoms with van der Waals surface area (Å²) in [6.45, 7) is 0.396. The quantitative estimate of drug-likeness (QED) is 0.943. The zero-order valence-electron chi connectivity index (χ0n) is 11.8. The van der Waals surface area contributed by atoms with Gasteiger partial charge < -0.3 is 10.2 Å². The molecule has 2 heterocycles. The standard InChI is InChI=1S/C16H16FN3O/c1-18-15-4-2-3-13(19-15)10-20-14-7-6-12(17)9-11(14)5-8-16(20)21/h2-4,6-7,9H,5,8,10H2,1H3,(H,18,19). The molecule has 0 spiro atoms. The van der Waals surface area contributed by atoms with Gasteiger partial charge in [-0.15, -0.1) is 0 Å². The summed E-state index contributed by atoms with van der Waals surface area (Å²) in [6, 6.07) is 10.2. The Bertz CT molecular complexity index is 687. The lowest BCUT2D eigenvalue weighted by atomic mass is 10.0. The number of fused-ring (bicyclic) bond motifs is 1. The molecule has 1 aromatic heterocycles. The maximum absolute atomic E-state index is 13.3. The highest BCUT2D eigenvalue weighted by molar-refractivity contribution is 5.96. The summed E-state index contributed by atoms with van der Waals surface area (Å²) in [5.41, 5.74) is 2.45. The van der Waals surface area contributed by atoms with E-state index < -0.39 is 0 Å². The number of anilines is 2. The van der Waals surface area contributed by atoms with Crippen molar-refractivity contribution in [3.05, 3.63) is 53.5 Å². The van der Waals surface area contributed by atoms with Crippen molar-refractivity contribution in [1.29, 1.82) is 0 Å². The van der Waals surface area contributed by atoms with Crippen LogP contribution in [0.25, 0.3) is 0 Å². The molecule has 5 heteroatoms. The molecule has 0 saturated carbocycles. The number of nitrogens with zero attached hydrogens (tertiary/aromatic N) is 2. The molecule has 1 N–H and O–H groups in total. The van der Waals surface area contributed by atoms with Crippen molar-refractivity contribution in [2.75, 3.05) is 17.3 Å². The van der Waals surface area contributed by atoms with E-state index in [2.05, 4.69) is 10.3 Å². The number of rotatable bonds is 3. The molecule has 4 nitrogen and oxygen atoms in total. The van der Waals surface area contributed by atoms with Crippen molar-refractivity contribution in [1.82, 2.24) is 4.98 Å². The predicted molar refractivity (Wildman–Crippen MR) is 79.7 cm³/mol.